The van der Waals surface area contributed by atoms with Crippen LogP contribution < -0.4 is 20.5 Å². The van der Waals surface area contributed by atoms with Gasteiger partial charge in [0, 0.05) is 32.6 Å². The monoisotopic (exact) mass is 552 g/mol. The number of aliphatic hydroxyl groups excluding tert-OH is 1. The van der Waals surface area contributed by atoms with E-state index >= 15 is 0 Å². The molecule has 0 aliphatic heterocycles. The molecule has 1 aromatic carbocycles. The van der Waals surface area contributed by atoms with Gasteiger partial charge in [-0.25, -0.2) is 0 Å². The first-order valence-corrected chi connectivity index (χ1v) is 13.9. The topological polar surface area (TPSA) is 120 Å². The number of hydrogen-bond acceptors (Lipinski definition) is 6. The minimum Gasteiger partial charge on any atom is -0.493 e. The van der Waals surface area contributed by atoms with Crippen LogP contribution in [0, 0.1) is 29.1 Å². The number of methoxy groups -OCH3 is 2. The first-order chi connectivity index (χ1) is 17.8. The van der Waals surface area contributed by atoms with Gasteiger partial charge in [-0.2, -0.15) is 0 Å². The molecule has 8 heteroatoms. The number of carbonyl (C=O) groups excluding carboxylic acids is 2. The molecular formula is C31H56N2O6. The second-order valence-electron chi connectivity index (χ2n) is 11.7. The molecule has 0 heterocycles. The highest BCUT2D eigenvalue weighted by atomic mass is 16.5. The van der Waals surface area contributed by atoms with E-state index in [0.717, 1.165) is 30.6 Å². The summed E-state index contributed by atoms with van der Waals surface area (Å²) in [4.78, 5) is 24.5. The molecule has 3 atom stereocenters. The third-order valence-electron chi connectivity index (χ3n) is 7.33. The van der Waals surface area contributed by atoms with E-state index in [2.05, 4.69) is 25.2 Å². The number of hydrogen-bond donors (Lipinski definition) is 3. The molecule has 0 aliphatic rings. The molecule has 1 rings (SSSR count). The molecule has 2 amide bonds. The minimum atomic E-state index is -0.823. The van der Waals surface area contributed by atoms with Gasteiger partial charge in [0.2, 0.25) is 11.8 Å². The zero-order valence-corrected chi connectivity index (χ0v) is 24.8. The van der Waals surface area contributed by atoms with Crippen molar-refractivity contribution in [1.29, 1.82) is 0 Å². The Kier molecular flexibility index (Phi) is 17.0. The molecule has 0 bridgehead atoms. The van der Waals surface area contributed by atoms with E-state index in [0.29, 0.717) is 43.6 Å². The van der Waals surface area contributed by atoms with Crippen molar-refractivity contribution in [2.75, 3.05) is 34.0 Å². The summed E-state index contributed by atoms with van der Waals surface area (Å²) in [5, 5.41) is 13.7. The molecule has 8 nitrogen and oxygen atoms in total. The van der Waals surface area contributed by atoms with Crippen molar-refractivity contribution in [2.45, 2.75) is 87.2 Å². The minimum absolute atomic E-state index is 0. The molecule has 3 unspecified atom stereocenters. The van der Waals surface area contributed by atoms with Crippen LogP contribution in [0.4, 0.5) is 0 Å². The van der Waals surface area contributed by atoms with Crippen molar-refractivity contribution in [2.24, 2.45) is 34.8 Å². The number of benzene rings is 1. The fraction of sp³-hybridized carbons (Fsp3) is 0.742. The summed E-state index contributed by atoms with van der Waals surface area (Å²) >= 11 is 0. The number of nitrogens with two attached hydrogens (primary N) is 1. The lowest BCUT2D eigenvalue weighted by Gasteiger charge is -2.27. The van der Waals surface area contributed by atoms with Crippen LogP contribution in [-0.4, -0.2) is 57.0 Å². The Morgan fingerprint density at radius 3 is 2.23 bits per heavy atom. The Bertz CT molecular complexity index is 855. The summed E-state index contributed by atoms with van der Waals surface area (Å²) in [6.07, 6.45) is 2.91. The number of ether oxygens (including phenoxy) is 3. The summed E-state index contributed by atoms with van der Waals surface area (Å²) in [5.74, 6) is 1.34. The van der Waals surface area contributed by atoms with Gasteiger partial charge in [-0.15, -0.1) is 0 Å². The number of primary amides is 1. The maximum absolute atomic E-state index is 12.9. The highest BCUT2D eigenvalue weighted by Crippen LogP contribution is 2.32. The standard InChI is InChI=1S/C30H52N2O6.CH4/c1-20(2)23(16-22-10-13-26(37-8)27(17-22)38-15-9-14-36-7)11-12-24(33)18-25(21(3)4)28(34)32-19-30(5,6)29(31)35;/h10,13,17,20-21,23-25,33H,9,11-12,14-16,18-19H2,1-8H3,(H2,31,35)(H,32,34);1H4. The zero-order chi connectivity index (χ0) is 28.9. The SMILES string of the molecule is C.COCCCOc1cc(CC(CCC(O)CC(C(=O)NCC(C)(C)C(N)=O)C(C)C)C(C)C)ccc1OC. The molecule has 39 heavy (non-hydrogen) atoms. The smallest absolute Gasteiger partial charge is 0.224 e. The van der Waals surface area contributed by atoms with Crippen molar-refractivity contribution in [3.63, 3.8) is 0 Å². The van der Waals surface area contributed by atoms with Crippen LogP contribution in [0.1, 0.15) is 80.2 Å². The quantitative estimate of drug-likeness (QED) is 0.208. The third-order valence-corrected chi connectivity index (χ3v) is 7.33. The second-order valence-corrected chi connectivity index (χ2v) is 11.7. The van der Waals surface area contributed by atoms with Gasteiger partial charge in [-0.3, -0.25) is 9.59 Å². The molecule has 226 valence electrons. The summed E-state index contributed by atoms with van der Waals surface area (Å²) in [6.45, 7) is 13.2. The van der Waals surface area contributed by atoms with Crippen LogP contribution in [0.2, 0.25) is 0 Å². The highest BCUT2D eigenvalue weighted by Gasteiger charge is 2.30. The fourth-order valence-corrected chi connectivity index (χ4v) is 4.35. The van der Waals surface area contributed by atoms with Gasteiger partial charge in [0.05, 0.1) is 25.2 Å². The maximum Gasteiger partial charge on any atom is 0.224 e. The first-order valence-electron chi connectivity index (χ1n) is 13.9. The van der Waals surface area contributed by atoms with E-state index in [1.54, 1.807) is 28.1 Å². The van der Waals surface area contributed by atoms with Crippen molar-refractivity contribution in [3.8, 4) is 11.5 Å². The van der Waals surface area contributed by atoms with E-state index < -0.39 is 17.4 Å². The van der Waals surface area contributed by atoms with Crippen LogP contribution in [0.25, 0.3) is 0 Å². The molecule has 4 N–H and O–H groups in total. The average molecular weight is 553 g/mol. The summed E-state index contributed by atoms with van der Waals surface area (Å²) in [6, 6.07) is 6.06. The predicted octanol–water partition coefficient (Wildman–Crippen LogP) is 4.99. The van der Waals surface area contributed by atoms with Gasteiger partial charge in [-0.1, -0.05) is 41.2 Å². The summed E-state index contributed by atoms with van der Waals surface area (Å²) in [7, 11) is 3.31. The van der Waals surface area contributed by atoms with Gasteiger partial charge < -0.3 is 30.4 Å². The van der Waals surface area contributed by atoms with Crippen molar-refractivity contribution >= 4 is 11.8 Å². The highest BCUT2D eigenvalue weighted by molar-refractivity contribution is 5.83. The molecule has 0 radical (unpaired) electrons. The van der Waals surface area contributed by atoms with Gasteiger partial charge in [0.15, 0.2) is 11.5 Å². The summed E-state index contributed by atoms with van der Waals surface area (Å²) < 4.78 is 16.5. The molecule has 0 fully saturated rings. The number of amides is 2. The lowest BCUT2D eigenvalue weighted by Crippen LogP contribution is -2.45. The van der Waals surface area contributed by atoms with Crippen LogP contribution >= 0.6 is 0 Å². The van der Waals surface area contributed by atoms with E-state index in [-0.39, 0.29) is 31.7 Å². The van der Waals surface area contributed by atoms with Crippen molar-refractivity contribution < 1.29 is 28.9 Å². The second kappa shape index (κ2) is 18.1. The van der Waals surface area contributed by atoms with Crippen molar-refractivity contribution in [1.82, 2.24) is 5.32 Å². The van der Waals surface area contributed by atoms with E-state index in [1.807, 2.05) is 26.0 Å². The third kappa shape index (κ3) is 13.1. The molecule has 1 aromatic rings. The predicted molar refractivity (Wildman–Crippen MR) is 158 cm³/mol. The number of aliphatic hydroxyl groups is 1. The van der Waals surface area contributed by atoms with Crippen LogP contribution in [-0.2, 0) is 20.7 Å². The largest absolute Gasteiger partial charge is 0.493 e. The van der Waals surface area contributed by atoms with Crippen LogP contribution in [0.5, 0.6) is 11.5 Å². The van der Waals surface area contributed by atoms with Gasteiger partial charge in [0.25, 0.3) is 0 Å². The lowest BCUT2D eigenvalue weighted by atomic mass is 9.82. The van der Waals surface area contributed by atoms with Crippen molar-refractivity contribution in [3.05, 3.63) is 23.8 Å². The van der Waals surface area contributed by atoms with E-state index in [4.69, 9.17) is 19.9 Å². The normalized spacial score (nSPS) is 13.9. The van der Waals surface area contributed by atoms with Crippen LogP contribution in [0.15, 0.2) is 18.2 Å². The summed E-state index contributed by atoms with van der Waals surface area (Å²) in [5.41, 5.74) is 5.77. The number of nitrogens with one attached hydrogen (secondary N) is 1. The molecule has 0 aliphatic carbocycles. The lowest BCUT2D eigenvalue weighted by molar-refractivity contribution is -0.130. The molecule has 0 aromatic heterocycles. The van der Waals surface area contributed by atoms with Crippen LogP contribution in [0.3, 0.4) is 0 Å². The number of carbonyl (C=O) groups is 2. The Morgan fingerprint density at radius 2 is 1.69 bits per heavy atom. The Balaban J connectivity index is 0.0000144. The molecule has 0 spiro atoms. The average Bonchev–Trinajstić information content (AvgIpc) is 2.85. The number of rotatable bonds is 19. The van der Waals surface area contributed by atoms with Gasteiger partial charge >= 0.3 is 0 Å². The Morgan fingerprint density at radius 1 is 1.03 bits per heavy atom. The molecule has 0 saturated carbocycles. The first kappa shape index (κ1) is 36.7. The molecule has 0 saturated heterocycles. The van der Waals surface area contributed by atoms with E-state index in [1.165, 1.54) is 0 Å². The fourth-order valence-electron chi connectivity index (χ4n) is 4.35. The Hall–Kier alpha value is -2.32. The molecular weight excluding hydrogens is 496 g/mol. The van der Waals surface area contributed by atoms with E-state index in [9.17, 15) is 14.7 Å². The van der Waals surface area contributed by atoms with Gasteiger partial charge in [0.1, 0.15) is 0 Å². The zero-order valence-electron chi connectivity index (χ0n) is 24.8. The van der Waals surface area contributed by atoms with Gasteiger partial charge in [-0.05, 0) is 75.0 Å². The maximum atomic E-state index is 12.9. The Labute approximate surface area is 237 Å².